The zero-order chi connectivity index (χ0) is 12.3. The van der Waals surface area contributed by atoms with Crippen molar-refractivity contribution in [2.24, 2.45) is 0 Å². The lowest BCUT2D eigenvalue weighted by Gasteiger charge is -2.10. The second kappa shape index (κ2) is 5.58. The molecule has 0 aliphatic carbocycles. The average Bonchev–Trinajstić information content (AvgIpc) is 2.29. The van der Waals surface area contributed by atoms with Crippen LogP contribution in [0.25, 0.3) is 0 Å². The van der Waals surface area contributed by atoms with Crippen LogP contribution in [-0.4, -0.2) is 4.98 Å². The van der Waals surface area contributed by atoms with Crippen LogP contribution in [0.4, 0.5) is 5.69 Å². The molecule has 88 valence electrons. The van der Waals surface area contributed by atoms with Gasteiger partial charge in [-0.1, -0.05) is 40.9 Å². The SMILES string of the molecule is Clc1cc(Cl)c(NCc2ccccn2)c(Cl)c1. The Morgan fingerprint density at radius 3 is 2.35 bits per heavy atom. The molecule has 2 rings (SSSR count). The molecule has 0 saturated carbocycles. The number of rotatable bonds is 3. The summed E-state index contributed by atoms with van der Waals surface area (Å²) in [5, 5.41) is 4.65. The van der Waals surface area contributed by atoms with Gasteiger partial charge in [0.05, 0.1) is 28.0 Å². The summed E-state index contributed by atoms with van der Waals surface area (Å²) in [6.07, 6.45) is 1.74. The molecule has 0 fully saturated rings. The average molecular weight is 288 g/mol. The van der Waals surface area contributed by atoms with Crippen LogP contribution in [-0.2, 0) is 6.54 Å². The number of halogens is 3. The van der Waals surface area contributed by atoms with Gasteiger partial charge in [0, 0.05) is 11.2 Å². The van der Waals surface area contributed by atoms with Crippen molar-refractivity contribution in [1.29, 1.82) is 0 Å². The van der Waals surface area contributed by atoms with Gasteiger partial charge in [0.25, 0.3) is 0 Å². The Kier molecular flexibility index (Phi) is 4.11. The Balaban J connectivity index is 2.15. The van der Waals surface area contributed by atoms with Gasteiger partial charge < -0.3 is 5.32 Å². The second-order valence-electron chi connectivity index (χ2n) is 3.42. The van der Waals surface area contributed by atoms with E-state index in [1.807, 2.05) is 18.2 Å². The van der Waals surface area contributed by atoms with Crippen LogP contribution in [0, 0.1) is 0 Å². The molecular weight excluding hydrogens is 279 g/mol. The maximum absolute atomic E-state index is 6.05. The van der Waals surface area contributed by atoms with Gasteiger partial charge in [0.2, 0.25) is 0 Å². The molecule has 2 nitrogen and oxygen atoms in total. The number of nitrogens with one attached hydrogen (secondary N) is 1. The van der Waals surface area contributed by atoms with E-state index in [9.17, 15) is 0 Å². The molecule has 0 aliphatic rings. The van der Waals surface area contributed by atoms with E-state index in [0.717, 1.165) is 5.69 Å². The maximum atomic E-state index is 6.05. The predicted octanol–water partition coefficient (Wildman–Crippen LogP) is 4.65. The Morgan fingerprint density at radius 1 is 1.06 bits per heavy atom. The standard InChI is InChI=1S/C12H9Cl3N2/c13-8-5-10(14)12(11(15)6-8)17-7-9-3-1-2-4-16-9/h1-6,17H,7H2. The van der Waals surface area contributed by atoms with Crippen molar-refractivity contribution in [2.45, 2.75) is 6.54 Å². The minimum absolute atomic E-state index is 0.499. The number of pyridine rings is 1. The molecule has 17 heavy (non-hydrogen) atoms. The van der Waals surface area contributed by atoms with E-state index >= 15 is 0 Å². The van der Waals surface area contributed by atoms with Gasteiger partial charge in [0.15, 0.2) is 0 Å². The highest BCUT2D eigenvalue weighted by Crippen LogP contribution is 2.33. The molecule has 0 atom stereocenters. The molecule has 1 heterocycles. The molecule has 1 aromatic carbocycles. The van der Waals surface area contributed by atoms with Crippen molar-refractivity contribution >= 4 is 40.5 Å². The van der Waals surface area contributed by atoms with Crippen LogP contribution in [0.15, 0.2) is 36.5 Å². The molecule has 2 aromatic rings. The second-order valence-corrected chi connectivity index (χ2v) is 4.67. The molecule has 5 heteroatoms. The Labute approximate surface area is 115 Å². The highest BCUT2D eigenvalue weighted by atomic mass is 35.5. The van der Waals surface area contributed by atoms with Crippen molar-refractivity contribution in [3.63, 3.8) is 0 Å². The summed E-state index contributed by atoms with van der Waals surface area (Å²) in [6.45, 7) is 0.557. The quantitative estimate of drug-likeness (QED) is 0.888. The first-order valence-corrected chi connectivity index (χ1v) is 6.08. The van der Waals surface area contributed by atoms with Crippen LogP contribution in [0.1, 0.15) is 5.69 Å². The summed E-state index contributed by atoms with van der Waals surface area (Å²) >= 11 is 17.9. The first-order chi connectivity index (χ1) is 8.16. The normalized spacial score (nSPS) is 10.3. The van der Waals surface area contributed by atoms with E-state index in [4.69, 9.17) is 34.8 Å². The van der Waals surface area contributed by atoms with E-state index in [1.165, 1.54) is 0 Å². The van der Waals surface area contributed by atoms with Crippen LogP contribution >= 0.6 is 34.8 Å². The van der Waals surface area contributed by atoms with Gasteiger partial charge in [0.1, 0.15) is 0 Å². The fourth-order valence-corrected chi connectivity index (χ4v) is 2.34. The van der Waals surface area contributed by atoms with Crippen LogP contribution in [0.3, 0.4) is 0 Å². The fourth-order valence-electron chi connectivity index (χ4n) is 1.39. The number of hydrogen-bond acceptors (Lipinski definition) is 2. The molecule has 0 radical (unpaired) electrons. The third kappa shape index (κ3) is 3.25. The molecule has 0 unspecified atom stereocenters. The predicted molar refractivity (Wildman–Crippen MR) is 73.0 cm³/mol. The van der Waals surface area contributed by atoms with Crippen LogP contribution in [0.5, 0.6) is 0 Å². The lowest BCUT2D eigenvalue weighted by atomic mass is 10.3. The van der Waals surface area contributed by atoms with Crippen molar-refractivity contribution in [3.05, 3.63) is 57.3 Å². The highest BCUT2D eigenvalue weighted by Gasteiger charge is 2.07. The fraction of sp³-hybridized carbons (Fsp3) is 0.0833. The smallest absolute Gasteiger partial charge is 0.0723 e. The molecule has 0 amide bonds. The van der Waals surface area contributed by atoms with Crippen molar-refractivity contribution in [3.8, 4) is 0 Å². The lowest BCUT2D eigenvalue weighted by Crippen LogP contribution is -2.02. The highest BCUT2D eigenvalue weighted by molar-refractivity contribution is 6.41. The van der Waals surface area contributed by atoms with E-state index in [1.54, 1.807) is 18.3 Å². The minimum Gasteiger partial charge on any atom is -0.377 e. The van der Waals surface area contributed by atoms with Gasteiger partial charge >= 0.3 is 0 Å². The largest absolute Gasteiger partial charge is 0.377 e. The monoisotopic (exact) mass is 286 g/mol. The molecular formula is C12H9Cl3N2. The summed E-state index contributed by atoms with van der Waals surface area (Å²) in [7, 11) is 0. The first kappa shape index (κ1) is 12.5. The third-order valence-corrected chi connectivity index (χ3v) is 2.99. The number of hydrogen-bond donors (Lipinski definition) is 1. The van der Waals surface area contributed by atoms with Crippen molar-refractivity contribution in [1.82, 2.24) is 4.98 Å². The van der Waals surface area contributed by atoms with Crippen molar-refractivity contribution in [2.75, 3.05) is 5.32 Å². The van der Waals surface area contributed by atoms with Gasteiger partial charge in [-0.2, -0.15) is 0 Å². The first-order valence-electron chi connectivity index (χ1n) is 4.95. The number of anilines is 1. The molecule has 0 aliphatic heterocycles. The van der Waals surface area contributed by atoms with E-state index < -0.39 is 0 Å². The molecule has 0 saturated heterocycles. The summed E-state index contributed by atoms with van der Waals surface area (Å²) in [5.41, 5.74) is 1.58. The van der Waals surface area contributed by atoms with E-state index in [-0.39, 0.29) is 0 Å². The number of nitrogens with zero attached hydrogens (tertiary/aromatic N) is 1. The molecule has 0 spiro atoms. The molecule has 0 bridgehead atoms. The topological polar surface area (TPSA) is 24.9 Å². The summed E-state index contributed by atoms with van der Waals surface area (Å²) < 4.78 is 0. The molecule has 1 N–H and O–H groups in total. The summed E-state index contributed by atoms with van der Waals surface area (Å²) in [6, 6.07) is 9.01. The van der Waals surface area contributed by atoms with E-state index in [2.05, 4.69) is 10.3 Å². The molecule has 1 aromatic heterocycles. The van der Waals surface area contributed by atoms with Gasteiger partial charge in [-0.25, -0.2) is 0 Å². The van der Waals surface area contributed by atoms with Crippen LogP contribution in [0.2, 0.25) is 15.1 Å². The number of benzene rings is 1. The van der Waals surface area contributed by atoms with Gasteiger partial charge in [-0.15, -0.1) is 0 Å². The van der Waals surface area contributed by atoms with Gasteiger partial charge in [-0.05, 0) is 24.3 Å². The summed E-state index contributed by atoms with van der Waals surface area (Å²) in [4.78, 5) is 4.20. The maximum Gasteiger partial charge on any atom is 0.0723 e. The Bertz CT molecular complexity index is 491. The minimum atomic E-state index is 0.499. The zero-order valence-electron chi connectivity index (χ0n) is 8.75. The van der Waals surface area contributed by atoms with E-state index in [0.29, 0.717) is 27.3 Å². The third-order valence-electron chi connectivity index (χ3n) is 2.18. The zero-order valence-corrected chi connectivity index (χ0v) is 11.0. The lowest BCUT2D eigenvalue weighted by molar-refractivity contribution is 1.05. The van der Waals surface area contributed by atoms with Crippen molar-refractivity contribution < 1.29 is 0 Å². The van der Waals surface area contributed by atoms with Gasteiger partial charge in [-0.3, -0.25) is 4.98 Å². The summed E-state index contributed by atoms with van der Waals surface area (Å²) in [5.74, 6) is 0. The Hall–Kier alpha value is -0.960. The number of aromatic nitrogens is 1. The Morgan fingerprint density at radius 2 is 1.76 bits per heavy atom. The van der Waals surface area contributed by atoms with Crippen LogP contribution < -0.4 is 5.32 Å².